The van der Waals surface area contributed by atoms with Gasteiger partial charge in [0.1, 0.15) is 0 Å². The van der Waals surface area contributed by atoms with Gasteiger partial charge < -0.3 is 20.1 Å². The van der Waals surface area contributed by atoms with Gasteiger partial charge in [-0.3, -0.25) is 0 Å². The number of aliphatic imine (C=N–C) groups is 2. The number of ether oxygens (including phenoxy) is 1. The van der Waals surface area contributed by atoms with E-state index in [9.17, 15) is 5.11 Å². The van der Waals surface area contributed by atoms with Crippen LogP contribution in [0.2, 0.25) is 0 Å². The molecular formula is C32H25BrN6O2. The number of hydrogen-bond acceptors (Lipinski definition) is 7. The van der Waals surface area contributed by atoms with Crippen LogP contribution < -0.4 is 15.0 Å². The molecule has 202 valence electrons. The van der Waals surface area contributed by atoms with E-state index in [1.54, 1.807) is 13.2 Å². The zero-order valence-electron chi connectivity index (χ0n) is 22.3. The predicted molar refractivity (Wildman–Crippen MR) is 166 cm³/mol. The van der Waals surface area contributed by atoms with Gasteiger partial charge >= 0.3 is 0 Å². The molecule has 0 unspecified atom stereocenters. The Kier molecular flexibility index (Phi) is 6.09. The number of anilines is 2. The van der Waals surface area contributed by atoms with Gasteiger partial charge in [0.25, 0.3) is 0 Å². The Labute approximate surface area is 245 Å². The molecule has 0 amide bonds. The molecule has 8 nitrogen and oxygen atoms in total. The first-order valence-electron chi connectivity index (χ1n) is 13.1. The summed E-state index contributed by atoms with van der Waals surface area (Å²) in [6.45, 7) is 2.01. The summed E-state index contributed by atoms with van der Waals surface area (Å²) < 4.78 is 8.40. The number of halogens is 1. The molecule has 2 N–H and O–H groups in total. The Morgan fingerprint density at radius 1 is 0.902 bits per heavy atom. The highest BCUT2D eigenvalue weighted by Gasteiger charge is 2.41. The SMILES string of the molecule is COc1cc([C@@H]2c3c(C)nn(-c4ccccc4)c3N=C3C(Nc4ccc(Br)cc4)=Nc4ccccc4N32)ccc1O. The number of methoxy groups -OCH3 is 1. The van der Waals surface area contributed by atoms with Crippen molar-refractivity contribution in [2.45, 2.75) is 13.0 Å². The molecular weight excluding hydrogens is 580 g/mol. The van der Waals surface area contributed by atoms with Crippen LogP contribution in [0, 0.1) is 6.92 Å². The lowest BCUT2D eigenvalue weighted by atomic mass is 9.93. The zero-order chi connectivity index (χ0) is 28.1. The predicted octanol–water partition coefficient (Wildman–Crippen LogP) is 7.45. The molecule has 3 heterocycles. The molecule has 0 spiro atoms. The number of benzene rings is 4. The summed E-state index contributed by atoms with van der Waals surface area (Å²) in [6, 6.07) is 31.1. The maximum absolute atomic E-state index is 10.4. The van der Waals surface area contributed by atoms with Gasteiger partial charge in [0, 0.05) is 15.7 Å². The van der Waals surface area contributed by atoms with Gasteiger partial charge in [-0.1, -0.05) is 52.3 Å². The van der Waals surface area contributed by atoms with Crippen molar-refractivity contribution in [3.05, 3.63) is 118 Å². The van der Waals surface area contributed by atoms with Crippen molar-refractivity contribution in [1.29, 1.82) is 0 Å². The van der Waals surface area contributed by atoms with Crippen molar-refractivity contribution < 1.29 is 9.84 Å². The molecule has 0 bridgehead atoms. The first-order valence-corrected chi connectivity index (χ1v) is 13.9. The molecule has 0 aliphatic carbocycles. The van der Waals surface area contributed by atoms with Crippen LogP contribution in [0.15, 0.2) is 112 Å². The second-order valence-electron chi connectivity index (χ2n) is 9.79. The number of para-hydroxylation sites is 3. The van der Waals surface area contributed by atoms with Crippen molar-refractivity contribution in [2.24, 2.45) is 9.98 Å². The molecule has 1 atom stereocenters. The fourth-order valence-corrected chi connectivity index (χ4v) is 5.66. The molecule has 9 heteroatoms. The summed E-state index contributed by atoms with van der Waals surface area (Å²) >= 11 is 3.52. The van der Waals surface area contributed by atoms with Crippen LogP contribution in [0.3, 0.4) is 0 Å². The van der Waals surface area contributed by atoms with Gasteiger partial charge in [-0.25, -0.2) is 14.7 Å². The van der Waals surface area contributed by atoms with Crippen LogP contribution in [0.5, 0.6) is 11.5 Å². The smallest absolute Gasteiger partial charge is 0.179 e. The van der Waals surface area contributed by atoms with Crippen molar-refractivity contribution in [1.82, 2.24) is 9.78 Å². The van der Waals surface area contributed by atoms with Crippen molar-refractivity contribution in [2.75, 3.05) is 17.3 Å². The minimum Gasteiger partial charge on any atom is -0.504 e. The highest BCUT2D eigenvalue weighted by atomic mass is 79.9. The largest absolute Gasteiger partial charge is 0.504 e. The van der Waals surface area contributed by atoms with Gasteiger partial charge in [-0.15, -0.1) is 0 Å². The van der Waals surface area contributed by atoms with E-state index in [-0.39, 0.29) is 11.8 Å². The fourth-order valence-electron chi connectivity index (χ4n) is 5.40. The molecule has 0 saturated carbocycles. The number of phenolic OH excluding ortho intramolecular Hbond substituents is 1. The molecule has 2 aliphatic rings. The molecule has 4 aromatic carbocycles. The van der Waals surface area contributed by atoms with E-state index in [1.165, 1.54) is 0 Å². The first-order chi connectivity index (χ1) is 20.0. The summed E-state index contributed by atoms with van der Waals surface area (Å²) in [5, 5.41) is 18.9. The van der Waals surface area contributed by atoms with Gasteiger partial charge in [0.15, 0.2) is 29.0 Å². The number of fused-ring (bicyclic) bond motifs is 4. The Bertz CT molecular complexity index is 1850. The van der Waals surface area contributed by atoms with Gasteiger partial charge in [-0.05, 0) is 73.2 Å². The minimum atomic E-state index is -0.331. The number of amidine groups is 2. The van der Waals surface area contributed by atoms with Gasteiger partial charge in [-0.2, -0.15) is 5.10 Å². The third-order valence-electron chi connectivity index (χ3n) is 7.27. The summed E-state index contributed by atoms with van der Waals surface area (Å²) in [4.78, 5) is 12.5. The monoisotopic (exact) mass is 604 g/mol. The number of aromatic nitrogens is 2. The van der Waals surface area contributed by atoms with E-state index in [0.717, 1.165) is 49.9 Å². The molecule has 0 fully saturated rings. The summed E-state index contributed by atoms with van der Waals surface area (Å²) in [5.41, 5.74) is 6.27. The molecule has 0 saturated heterocycles. The van der Waals surface area contributed by atoms with Crippen LogP contribution in [-0.2, 0) is 0 Å². The van der Waals surface area contributed by atoms with Crippen LogP contribution in [0.1, 0.15) is 22.9 Å². The molecule has 7 rings (SSSR count). The lowest BCUT2D eigenvalue weighted by Gasteiger charge is -2.40. The summed E-state index contributed by atoms with van der Waals surface area (Å²) in [5.74, 6) is 2.48. The third kappa shape index (κ3) is 4.25. The molecule has 2 aliphatic heterocycles. The Hall–Kier alpha value is -4.89. The number of aromatic hydroxyl groups is 1. The van der Waals surface area contributed by atoms with E-state index < -0.39 is 0 Å². The maximum Gasteiger partial charge on any atom is 0.179 e. The van der Waals surface area contributed by atoms with Gasteiger partial charge in [0.2, 0.25) is 0 Å². The van der Waals surface area contributed by atoms with Crippen molar-refractivity contribution in [3.8, 4) is 17.2 Å². The van der Waals surface area contributed by atoms with Crippen LogP contribution in [0.25, 0.3) is 5.69 Å². The third-order valence-corrected chi connectivity index (χ3v) is 7.79. The topological polar surface area (TPSA) is 87.3 Å². The zero-order valence-corrected chi connectivity index (χ0v) is 23.9. The standard InChI is InChI=1S/C32H25BrN6O2/c1-19-28-29(20-12-17-26(40)27(18-20)41-2)38-25-11-7-6-10-24(25)35-30(34-22-15-13-21(33)14-16-22)32(38)36-31(28)39(37-19)23-8-4-3-5-9-23/h3-18,29,40H,1-2H3,(H,34,35)/t29-/m1/s1. The van der Waals surface area contributed by atoms with E-state index in [0.29, 0.717) is 17.4 Å². The van der Waals surface area contributed by atoms with Crippen molar-refractivity contribution >= 4 is 50.5 Å². The number of aryl methyl sites for hydroxylation is 1. The molecule has 1 aromatic heterocycles. The highest BCUT2D eigenvalue weighted by Crippen LogP contribution is 2.49. The van der Waals surface area contributed by atoms with Gasteiger partial charge in [0.05, 0.1) is 35.9 Å². The van der Waals surface area contributed by atoms with E-state index in [1.807, 2.05) is 96.5 Å². The lowest BCUT2D eigenvalue weighted by Crippen LogP contribution is -2.46. The average molecular weight is 605 g/mol. The Morgan fingerprint density at radius 3 is 2.44 bits per heavy atom. The van der Waals surface area contributed by atoms with Crippen LogP contribution in [-0.4, -0.2) is 33.7 Å². The average Bonchev–Trinajstić information content (AvgIpc) is 3.34. The summed E-state index contributed by atoms with van der Waals surface area (Å²) in [6.07, 6.45) is 0. The molecule has 0 radical (unpaired) electrons. The number of rotatable bonds is 4. The highest BCUT2D eigenvalue weighted by molar-refractivity contribution is 9.10. The first kappa shape index (κ1) is 25.1. The normalized spacial score (nSPS) is 15.3. The van der Waals surface area contributed by atoms with E-state index in [4.69, 9.17) is 19.8 Å². The van der Waals surface area contributed by atoms with Crippen LogP contribution in [0.4, 0.5) is 22.9 Å². The number of nitrogens with zero attached hydrogens (tertiary/aromatic N) is 5. The second-order valence-corrected chi connectivity index (χ2v) is 10.7. The molecule has 5 aromatic rings. The lowest BCUT2D eigenvalue weighted by molar-refractivity contribution is 0.372. The van der Waals surface area contributed by atoms with E-state index >= 15 is 0 Å². The molecule has 41 heavy (non-hydrogen) atoms. The minimum absolute atomic E-state index is 0.0797. The van der Waals surface area contributed by atoms with Crippen LogP contribution >= 0.6 is 15.9 Å². The maximum atomic E-state index is 10.4. The number of nitrogens with one attached hydrogen (secondary N) is 1. The number of phenols is 1. The second kappa shape index (κ2) is 9.94. The Morgan fingerprint density at radius 2 is 1.66 bits per heavy atom. The summed E-state index contributed by atoms with van der Waals surface area (Å²) in [7, 11) is 1.56. The quantitative estimate of drug-likeness (QED) is 0.222. The van der Waals surface area contributed by atoms with E-state index in [2.05, 4.69) is 32.2 Å². The fraction of sp³-hybridized carbons (Fsp3) is 0.0938. The van der Waals surface area contributed by atoms with Crippen molar-refractivity contribution in [3.63, 3.8) is 0 Å². The number of hydrogen-bond donors (Lipinski definition) is 2. The Balaban J connectivity index is 1.50.